The van der Waals surface area contributed by atoms with Crippen LogP contribution < -0.4 is 10.4 Å². The van der Waals surface area contributed by atoms with Crippen molar-refractivity contribution in [3.8, 4) is 0 Å². The third-order valence-corrected chi connectivity index (χ3v) is 11.6. The van der Waals surface area contributed by atoms with Gasteiger partial charge in [0.15, 0.2) is 0 Å². The van der Waals surface area contributed by atoms with Crippen molar-refractivity contribution in [2.75, 3.05) is 0 Å². The first-order valence-corrected chi connectivity index (χ1v) is 14.9. The largest absolute Gasteiger partial charge is 0.147 e. The van der Waals surface area contributed by atoms with Gasteiger partial charge in [0.25, 0.3) is 0 Å². The van der Waals surface area contributed by atoms with Gasteiger partial charge in [0.1, 0.15) is 0 Å². The zero-order valence-corrected chi connectivity index (χ0v) is 27.6. The third-order valence-electron chi connectivity index (χ3n) is 8.09. The Bertz CT molecular complexity index is 1330. The number of benzene rings is 1. The van der Waals surface area contributed by atoms with Crippen LogP contribution in [0.15, 0.2) is 61.5 Å². The van der Waals surface area contributed by atoms with E-state index in [9.17, 15) is 0 Å². The molecule has 3 heteroatoms. The van der Waals surface area contributed by atoms with Crippen LogP contribution in [0.25, 0.3) is 11.6 Å². The summed E-state index contributed by atoms with van der Waals surface area (Å²) in [6, 6.07) is 7.17. The minimum Gasteiger partial charge on any atom is -0.147 e. The van der Waals surface area contributed by atoms with E-state index in [-0.39, 0.29) is 41.1 Å². The average molecular weight is 590 g/mol. The Morgan fingerprint density at radius 2 is 1.51 bits per heavy atom. The quantitative estimate of drug-likeness (QED) is 0.328. The molecule has 35 heavy (non-hydrogen) atoms. The van der Waals surface area contributed by atoms with E-state index in [1.807, 2.05) is 0 Å². The Morgan fingerprint density at radius 3 is 2.00 bits per heavy atom. The van der Waals surface area contributed by atoms with Gasteiger partial charge in [-0.05, 0) is 0 Å². The van der Waals surface area contributed by atoms with Gasteiger partial charge in [-0.15, -0.1) is 24.8 Å². The van der Waals surface area contributed by atoms with Crippen LogP contribution in [-0.4, -0.2) is 3.21 Å². The fourth-order valence-corrected chi connectivity index (χ4v) is 9.97. The van der Waals surface area contributed by atoms with Gasteiger partial charge < -0.3 is 0 Å². The molecule has 3 aliphatic carbocycles. The summed E-state index contributed by atoms with van der Waals surface area (Å²) in [5.41, 5.74) is 11.0. The van der Waals surface area contributed by atoms with Crippen LogP contribution in [0.1, 0.15) is 88.1 Å². The molecule has 0 amide bonds. The molecule has 0 aliphatic heterocycles. The van der Waals surface area contributed by atoms with Crippen LogP contribution in [0, 0.1) is 10.8 Å². The van der Waals surface area contributed by atoms with Gasteiger partial charge in [-0.1, -0.05) is 0 Å². The molecule has 0 aromatic heterocycles. The third kappa shape index (κ3) is 4.92. The van der Waals surface area contributed by atoms with E-state index in [4.69, 9.17) is 0 Å². The van der Waals surface area contributed by atoms with E-state index in [1.54, 1.807) is 23.2 Å². The SMILES string of the molecule is C[C](C)=[Zr][C]1=C2C=c3cc(C(C)(C)C)ccc3=C2C=CC1(C1=C(C)C(C)=C(C)C1)C(C)(C)C.Cl.Cl. The van der Waals surface area contributed by atoms with E-state index in [1.165, 1.54) is 32.7 Å². The molecular formula is C32H43Cl2Zr. The van der Waals surface area contributed by atoms with Gasteiger partial charge in [0, 0.05) is 0 Å². The second-order valence-corrected chi connectivity index (χ2v) is 16.9. The molecular weight excluding hydrogens is 546 g/mol. The Kier molecular flexibility index (Phi) is 8.88. The first kappa shape index (κ1) is 30.5. The molecule has 0 N–H and O–H groups in total. The molecule has 0 spiro atoms. The number of halogens is 2. The standard InChI is InChI=1S/C29H35.C3H6.2ClH.Zr/c1-18-14-26(20(3)19(18)2)29(28(7,8)9)13-12-25-22(17-29)15-21-16-23(27(4,5)6)10-11-24(21)25;1-3-2;;;/h10-13,15-16H,14H2,1-9H3;1-2H3;2*1H;. The molecule has 1 unspecified atom stereocenters. The summed E-state index contributed by atoms with van der Waals surface area (Å²) in [6.45, 7) is 26.1. The number of allylic oxidation sites excluding steroid dienone is 8. The molecule has 1 atom stereocenters. The summed E-state index contributed by atoms with van der Waals surface area (Å²) in [4.78, 5) is 0. The number of hydrogen-bond acceptors (Lipinski definition) is 0. The maximum Gasteiger partial charge on any atom is -0.147 e. The molecule has 0 nitrogen and oxygen atoms in total. The Morgan fingerprint density at radius 1 is 0.886 bits per heavy atom. The van der Waals surface area contributed by atoms with Crippen molar-refractivity contribution >= 4 is 39.7 Å². The van der Waals surface area contributed by atoms with Crippen molar-refractivity contribution in [3.05, 3.63) is 77.5 Å². The number of rotatable bonds is 2. The summed E-state index contributed by atoms with van der Waals surface area (Å²) < 4.78 is 3.42. The molecule has 0 radical (unpaired) electrons. The molecule has 0 fully saturated rings. The Hall–Kier alpha value is -0.747. The molecule has 4 rings (SSSR count). The number of hydrogen-bond donors (Lipinski definition) is 0. The molecule has 0 saturated carbocycles. The smallest absolute Gasteiger partial charge is 0.147 e. The van der Waals surface area contributed by atoms with Gasteiger partial charge in [0.2, 0.25) is 0 Å². The van der Waals surface area contributed by atoms with Crippen LogP contribution in [0.5, 0.6) is 0 Å². The van der Waals surface area contributed by atoms with Crippen LogP contribution in [-0.2, 0) is 28.2 Å². The maximum atomic E-state index is 2.62. The van der Waals surface area contributed by atoms with Gasteiger partial charge in [0.05, 0.1) is 0 Å². The van der Waals surface area contributed by atoms with Crippen LogP contribution in [0.3, 0.4) is 0 Å². The maximum absolute atomic E-state index is 2.62. The zero-order chi connectivity index (χ0) is 24.5. The first-order valence-electron chi connectivity index (χ1n) is 12.4. The molecule has 0 heterocycles. The van der Waals surface area contributed by atoms with Gasteiger partial charge in [-0.3, -0.25) is 0 Å². The molecule has 1 aromatic carbocycles. The van der Waals surface area contributed by atoms with Crippen molar-refractivity contribution in [1.29, 1.82) is 0 Å². The summed E-state index contributed by atoms with van der Waals surface area (Å²) >= 11 is -0.891. The van der Waals surface area contributed by atoms with Crippen molar-refractivity contribution in [3.63, 3.8) is 0 Å². The monoisotopic (exact) mass is 587 g/mol. The van der Waals surface area contributed by atoms with Crippen molar-refractivity contribution in [2.45, 2.75) is 88.0 Å². The summed E-state index contributed by atoms with van der Waals surface area (Å²) in [5.74, 6) is 0. The fourth-order valence-electron chi connectivity index (χ4n) is 5.92. The molecule has 0 bridgehead atoms. The second-order valence-electron chi connectivity index (χ2n) is 12.6. The van der Waals surface area contributed by atoms with Crippen molar-refractivity contribution in [2.24, 2.45) is 10.8 Å². The fraction of sp³-hybridized carbons (Fsp3) is 0.469. The molecule has 189 valence electrons. The molecule has 1 aromatic rings. The van der Waals surface area contributed by atoms with Crippen LogP contribution >= 0.6 is 24.8 Å². The summed E-state index contributed by atoms with van der Waals surface area (Å²) in [6.07, 6.45) is 8.77. The van der Waals surface area contributed by atoms with E-state index in [2.05, 4.69) is 113 Å². The van der Waals surface area contributed by atoms with E-state index < -0.39 is 22.8 Å². The Labute approximate surface area is 237 Å². The minimum atomic E-state index is -0.891. The predicted molar refractivity (Wildman–Crippen MR) is 157 cm³/mol. The average Bonchev–Trinajstić information content (AvgIpc) is 3.19. The summed E-state index contributed by atoms with van der Waals surface area (Å²) in [5, 5.41) is 2.83. The normalized spacial score (nSPS) is 21.3. The van der Waals surface area contributed by atoms with Crippen molar-refractivity contribution < 1.29 is 22.8 Å². The molecule has 0 saturated heterocycles. The first-order chi connectivity index (χ1) is 15.2. The summed E-state index contributed by atoms with van der Waals surface area (Å²) in [7, 11) is 0. The number of fused-ring (bicyclic) bond motifs is 2. The minimum absolute atomic E-state index is 0. The van der Waals surface area contributed by atoms with Crippen LogP contribution in [0.2, 0.25) is 0 Å². The zero-order valence-electron chi connectivity index (χ0n) is 23.5. The molecule has 3 aliphatic rings. The Balaban J connectivity index is 0.00000216. The predicted octanol–water partition coefficient (Wildman–Crippen LogP) is 7.98. The van der Waals surface area contributed by atoms with E-state index in [0.29, 0.717) is 0 Å². The van der Waals surface area contributed by atoms with E-state index in [0.717, 1.165) is 6.42 Å². The van der Waals surface area contributed by atoms with Gasteiger partial charge in [-0.25, -0.2) is 0 Å². The second kappa shape index (κ2) is 10.2. The topological polar surface area (TPSA) is 0 Å². The van der Waals surface area contributed by atoms with Gasteiger partial charge >= 0.3 is 214 Å². The van der Waals surface area contributed by atoms with Crippen LogP contribution in [0.4, 0.5) is 0 Å². The van der Waals surface area contributed by atoms with E-state index >= 15 is 0 Å². The van der Waals surface area contributed by atoms with Gasteiger partial charge in [-0.2, -0.15) is 0 Å². The van der Waals surface area contributed by atoms with Crippen molar-refractivity contribution in [1.82, 2.24) is 0 Å².